The molecule has 0 heterocycles. The van der Waals surface area contributed by atoms with Crippen molar-refractivity contribution in [3.63, 3.8) is 0 Å². The monoisotopic (exact) mass is 327 g/mol. The maximum atomic E-state index is 14.4. The van der Waals surface area contributed by atoms with Gasteiger partial charge in [-0.1, -0.05) is 24.3 Å². The van der Waals surface area contributed by atoms with Crippen LogP contribution in [0.15, 0.2) is 36.4 Å². The van der Waals surface area contributed by atoms with Gasteiger partial charge in [0.1, 0.15) is 11.8 Å². The Morgan fingerprint density at radius 3 is 2.61 bits per heavy atom. The van der Waals surface area contributed by atoms with Gasteiger partial charge in [0.15, 0.2) is 0 Å². The third-order valence-electron chi connectivity index (χ3n) is 3.02. The Balaban J connectivity index is 3.02. The highest BCUT2D eigenvalue weighted by atomic mass is 19.3. The molecule has 0 saturated carbocycles. The first-order valence-corrected chi connectivity index (χ1v) is 7.09. The molecule has 0 aromatic heterocycles. The maximum Gasteiger partial charge on any atom is 0.353 e. The number of nitrogens with one attached hydrogen (secondary N) is 1. The summed E-state index contributed by atoms with van der Waals surface area (Å²) in [6.45, 7) is 3.45. The van der Waals surface area contributed by atoms with Crippen molar-refractivity contribution < 1.29 is 28.2 Å². The molecule has 1 aromatic carbocycles. The minimum Gasteiger partial charge on any atom is -0.493 e. The lowest BCUT2D eigenvalue weighted by Crippen LogP contribution is -2.47. The van der Waals surface area contributed by atoms with Gasteiger partial charge in [0, 0.05) is 0 Å². The van der Waals surface area contributed by atoms with Crippen molar-refractivity contribution >= 4 is 11.9 Å². The molecule has 0 spiro atoms. The molecular formula is C16H19F2NO4. The summed E-state index contributed by atoms with van der Waals surface area (Å²) in [5, 5.41) is 10.9. The van der Waals surface area contributed by atoms with Crippen LogP contribution in [0.2, 0.25) is 0 Å². The number of hydrogen-bond acceptors (Lipinski definition) is 3. The number of hydrogen-bond donors (Lipinski definition) is 2. The van der Waals surface area contributed by atoms with E-state index in [2.05, 4.69) is 0 Å². The molecule has 0 aliphatic carbocycles. The van der Waals surface area contributed by atoms with Crippen molar-refractivity contribution in [2.24, 2.45) is 0 Å². The molecule has 1 amide bonds. The van der Waals surface area contributed by atoms with E-state index in [-0.39, 0.29) is 18.8 Å². The highest BCUT2D eigenvalue weighted by Gasteiger charge is 2.44. The van der Waals surface area contributed by atoms with Crippen molar-refractivity contribution in [2.75, 3.05) is 6.61 Å². The molecule has 5 nitrogen and oxygen atoms in total. The highest BCUT2D eigenvalue weighted by Crippen LogP contribution is 2.35. The number of carbonyl (C=O) groups is 2. The van der Waals surface area contributed by atoms with Crippen LogP contribution in [0.4, 0.5) is 8.78 Å². The van der Waals surface area contributed by atoms with Crippen LogP contribution in [0, 0.1) is 0 Å². The zero-order chi connectivity index (χ0) is 17.5. The number of alkyl halides is 2. The van der Waals surface area contributed by atoms with E-state index in [1.807, 2.05) is 5.32 Å². The second kappa shape index (κ2) is 8.26. The van der Waals surface area contributed by atoms with E-state index < -0.39 is 29.4 Å². The number of rotatable bonds is 8. The van der Waals surface area contributed by atoms with E-state index in [0.29, 0.717) is 0 Å². The number of benzene rings is 1. The summed E-state index contributed by atoms with van der Waals surface area (Å²) >= 11 is 0. The van der Waals surface area contributed by atoms with Crippen molar-refractivity contribution in [3.8, 4) is 5.75 Å². The summed E-state index contributed by atoms with van der Waals surface area (Å²) in [6.07, 6.45) is 2.97. The Kier molecular flexibility index (Phi) is 6.68. The lowest BCUT2D eigenvalue weighted by Gasteiger charge is -2.21. The van der Waals surface area contributed by atoms with Gasteiger partial charge in [0.2, 0.25) is 0 Å². The number of amides is 1. The van der Waals surface area contributed by atoms with Gasteiger partial charge in [0.25, 0.3) is 5.91 Å². The van der Waals surface area contributed by atoms with E-state index in [9.17, 15) is 18.4 Å². The van der Waals surface area contributed by atoms with Crippen LogP contribution < -0.4 is 10.1 Å². The molecule has 126 valence electrons. The Morgan fingerprint density at radius 2 is 2.04 bits per heavy atom. The SMILES string of the molecule is C/C=C/CC(NC(=O)C(F)(F)c1ccccc1OCC)C(=O)O. The summed E-state index contributed by atoms with van der Waals surface area (Å²) < 4.78 is 33.9. The van der Waals surface area contributed by atoms with Gasteiger partial charge in [0.05, 0.1) is 12.2 Å². The number of aliphatic carboxylic acids is 1. The number of ether oxygens (including phenoxy) is 1. The minimum atomic E-state index is -3.91. The second-order valence-electron chi connectivity index (χ2n) is 4.67. The fourth-order valence-corrected chi connectivity index (χ4v) is 1.87. The lowest BCUT2D eigenvalue weighted by atomic mass is 10.1. The maximum absolute atomic E-state index is 14.4. The lowest BCUT2D eigenvalue weighted by molar-refractivity contribution is -0.152. The molecule has 0 bridgehead atoms. The highest BCUT2D eigenvalue weighted by molar-refractivity contribution is 5.89. The van der Waals surface area contributed by atoms with Crippen LogP contribution >= 0.6 is 0 Å². The van der Waals surface area contributed by atoms with Crippen LogP contribution in [0.1, 0.15) is 25.8 Å². The molecule has 0 saturated heterocycles. The summed E-state index contributed by atoms with van der Waals surface area (Å²) in [4.78, 5) is 23.0. The predicted octanol–water partition coefficient (Wildman–Crippen LogP) is 2.71. The fraction of sp³-hybridized carbons (Fsp3) is 0.375. The molecule has 23 heavy (non-hydrogen) atoms. The molecule has 7 heteroatoms. The van der Waals surface area contributed by atoms with Gasteiger partial charge in [-0.05, 0) is 32.4 Å². The topological polar surface area (TPSA) is 75.6 Å². The Hall–Kier alpha value is -2.44. The third-order valence-corrected chi connectivity index (χ3v) is 3.02. The molecule has 1 rings (SSSR count). The minimum absolute atomic E-state index is 0.0826. The van der Waals surface area contributed by atoms with E-state index in [4.69, 9.17) is 9.84 Å². The summed E-state index contributed by atoms with van der Waals surface area (Å²) in [6, 6.07) is 3.84. The van der Waals surface area contributed by atoms with E-state index in [1.165, 1.54) is 24.3 Å². The average molecular weight is 327 g/mol. The summed E-state index contributed by atoms with van der Waals surface area (Å²) in [5.74, 6) is -7.09. The molecule has 0 aliphatic rings. The summed E-state index contributed by atoms with van der Waals surface area (Å²) in [5.41, 5.74) is -0.602. The van der Waals surface area contributed by atoms with Crippen molar-refractivity contribution in [1.82, 2.24) is 5.32 Å². The predicted molar refractivity (Wildman–Crippen MR) is 80.5 cm³/mol. The van der Waals surface area contributed by atoms with Crippen LogP contribution in [0.3, 0.4) is 0 Å². The number of allylic oxidation sites excluding steroid dienone is 1. The quantitative estimate of drug-likeness (QED) is 0.720. The number of para-hydroxylation sites is 1. The fourth-order valence-electron chi connectivity index (χ4n) is 1.87. The first kappa shape index (κ1) is 18.6. The summed E-state index contributed by atoms with van der Waals surface area (Å²) in [7, 11) is 0. The molecule has 1 aromatic rings. The molecule has 2 N–H and O–H groups in total. The van der Waals surface area contributed by atoms with Gasteiger partial charge in [-0.15, -0.1) is 0 Å². The Bertz CT molecular complexity index is 587. The van der Waals surface area contributed by atoms with E-state index >= 15 is 0 Å². The molecule has 0 fully saturated rings. The number of carbonyl (C=O) groups excluding carboxylic acids is 1. The van der Waals surface area contributed by atoms with Gasteiger partial charge in [-0.2, -0.15) is 8.78 Å². The van der Waals surface area contributed by atoms with Crippen molar-refractivity contribution in [2.45, 2.75) is 32.2 Å². The normalized spacial score (nSPS) is 12.9. The van der Waals surface area contributed by atoms with Gasteiger partial charge in [-0.25, -0.2) is 4.79 Å². The smallest absolute Gasteiger partial charge is 0.353 e. The average Bonchev–Trinajstić information content (AvgIpc) is 2.51. The molecular weight excluding hydrogens is 308 g/mol. The number of carboxylic acids is 1. The van der Waals surface area contributed by atoms with Gasteiger partial charge >= 0.3 is 11.9 Å². The van der Waals surface area contributed by atoms with Crippen LogP contribution in [0.5, 0.6) is 5.75 Å². The van der Waals surface area contributed by atoms with Gasteiger partial charge < -0.3 is 15.2 Å². The first-order chi connectivity index (χ1) is 10.8. The van der Waals surface area contributed by atoms with E-state index in [1.54, 1.807) is 19.9 Å². The second-order valence-corrected chi connectivity index (χ2v) is 4.67. The third kappa shape index (κ3) is 4.77. The largest absolute Gasteiger partial charge is 0.493 e. The number of carboxylic acid groups (broad SMARTS) is 1. The standard InChI is InChI=1S/C16H19F2NO4/c1-3-5-9-12(14(20)21)19-15(22)16(17,18)11-8-6-7-10-13(11)23-4-2/h3,5-8,10,12H,4,9H2,1-2H3,(H,19,22)(H,20,21)/b5-3+. The Labute approximate surface area is 133 Å². The van der Waals surface area contributed by atoms with Gasteiger partial charge in [-0.3, -0.25) is 4.79 Å². The number of halogens is 2. The van der Waals surface area contributed by atoms with E-state index in [0.717, 1.165) is 6.07 Å². The zero-order valence-electron chi connectivity index (χ0n) is 12.9. The first-order valence-electron chi connectivity index (χ1n) is 7.09. The van der Waals surface area contributed by atoms with Crippen LogP contribution in [0.25, 0.3) is 0 Å². The molecule has 1 atom stereocenters. The Morgan fingerprint density at radius 1 is 1.39 bits per heavy atom. The van der Waals surface area contributed by atoms with Crippen molar-refractivity contribution in [3.05, 3.63) is 42.0 Å². The zero-order valence-corrected chi connectivity index (χ0v) is 12.9. The van der Waals surface area contributed by atoms with Crippen molar-refractivity contribution in [1.29, 1.82) is 0 Å². The van der Waals surface area contributed by atoms with Crippen LogP contribution in [-0.4, -0.2) is 29.6 Å². The molecule has 0 aliphatic heterocycles. The molecule has 1 unspecified atom stereocenters. The van der Waals surface area contributed by atoms with Crippen LogP contribution in [-0.2, 0) is 15.5 Å². The molecule has 0 radical (unpaired) electrons.